The minimum Gasteiger partial charge on any atom is -0.383 e. The summed E-state index contributed by atoms with van der Waals surface area (Å²) in [5, 5.41) is 6.96. The molecule has 2 rings (SSSR count). The minimum absolute atomic E-state index is 0.122. The van der Waals surface area contributed by atoms with Crippen LogP contribution in [0.2, 0.25) is 5.02 Å². The monoisotopic (exact) mass is 331 g/mol. The Hall–Kier alpha value is -2.07. The number of anilines is 1. The van der Waals surface area contributed by atoms with Crippen molar-refractivity contribution in [2.45, 2.75) is 32.7 Å². The van der Waals surface area contributed by atoms with Gasteiger partial charge in [0.1, 0.15) is 0 Å². The molecule has 1 amide bonds. The first kappa shape index (κ1) is 17.3. The fourth-order valence-corrected chi connectivity index (χ4v) is 2.33. The first-order valence-electron chi connectivity index (χ1n) is 7.59. The van der Waals surface area contributed by atoms with Crippen LogP contribution in [0, 0.1) is 0 Å². The molecule has 1 heterocycles. The van der Waals surface area contributed by atoms with Crippen molar-refractivity contribution in [3.8, 4) is 0 Å². The molecule has 1 aromatic heterocycles. The lowest BCUT2D eigenvalue weighted by Crippen LogP contribution is -2.40. The number of amides is 1. The Morgan fingerprint density at radius 3 is 2.70 bits per heavy atom. The van der Waals surface area contributed by atoms with E-state index in [0.717, 1.165) is 23.7 Å². The van der Waals surface area contributed by atoms with Gasteiger partial charge >= 0.3 is 0 Å². The van der Waals surface area contributed by atoms with Crippen LogP contribution < -0.4 is 10.6 Å². The number of carbonyl (C=O) groups excluding carboxylic acids is 1. The average Bonchev–Trinajstić information content (AvgIpc) is 2.46. The van der Waals surface area contributed by atoms with E-state index in [1.807, 2.05) is 51.1 Å². The third kappa shape index (κ3) is 5.91. The predicted octanol–water partition coefficient (Wildman–Crippen LogP) is 3.92. The molecule has 0 saturated carbocycles. The molecule has 2 N–H and O–H groups in total. The van der Waals surface area contributed by atoms with Crippen molar-refractivity contribution >= 4 is 23.2 Å². The van der Waals surface area contributed by atoms with Crippen LogP contribution in [0.3, 0.4) is 0 Å². The van der Waals surface area contributed by atoms with Gasteiger partial charge in [-0.25, -0.2) is 0 Å². The Balaban J connectivity index is 1.93. The quantitative estimate of drug-likeness (QED) is 0.873. The molecule has 0 fully saturated rings. The molecule has 5 heteroatoms. The topological polar surface area (TPSA) is 54.0 Å². The summed E-state index contributed by atoms with van der Waals surface area (Å²) in [6, 6.07) is 9.61. The summed E-state index contributed by atoms with van der Waals surface area (Å²) < 4.78 is 0. The molecule has 0 aliphatic heterocycles. The van der Waals surface area contributed by atoms with Gasteiger partial charge in [0.2, 0.25) is 0 Å². The van der Waals surface area contributed by atoms with Crippen LogP contribution in [0.4, 0.5) is 5.69 Å². The molecule has 2 aromatic rings. The van der Waals surface area contributed by atoms with Crippen molar-refractivity contribution in [3.63, 3.8) is 0 Å². The zero-order valence-electron chi connectivity index (χ0n) is 13.7. The van der Waals surface area contributed by atoms with E-state index < -0.39 is 0 Å². The van der Waals surface area contributed by atoms with Crippen LogP contribution in [0.1, 0.15) is 36.7 Å². The van der Waals surface area contributed by atoms with Gasteiger partial charge in [-0.05, 0) is 51.0 Å². The van der Waals surface area contributed by atoms with E-state index in [2.05, 4.69) is 15.6 Å². The number of aromatic nitrogens is 1. The van der Waals surface area contributed by atoms with Crippen LogP contribution in [0.25, 0.3) is 0 Å². The maximum Gasteiger partial charge on any atom is 0.253 e. The van der Waals surface area contributed by atoms with Gasteiger partial charge in [-0.3, -0.25) is 9.78 Å². The largest absolute Gasteiger partial charge is 0.383 e. The number of hydrogen-bond acceptors (Lipinski definition) is 3. The first-order chi connectivity index (χ1) is 10.8. The van der Waals surface area contributed by atoms with E-state index in [0.29, 0.717) is 5.56 Å². The van der Waals surface area contributed by atoms with E-state index >= 15 is 0 Å². The van der Waals surface area contributed by atoms with E-state index in [9.17, 15) is 4.79 Å². The van der Waals surface area contributed by atoms with Gasteiger partial charge in [0.25, 0.3) is 5.91 Å². The highest BCUT2D eigenvalue weighted by Gasteiger charge is 2.15. The number of nitrogens with one attached hydrogen (secondary N) is 2. The van der Waals surface area contributed by atoms with Gasteiger partial charge in [0.15, 0.2) is 0 Å². The zero-order chi connectivity index (χ0) is 16.9. The molecule has 0 radical (unpaired) electrons. The van der Waals surface area contributed by atoms with Gasteiger partial charge in [-0.15, -0.1) is 0 Å². The van der Waals surface area contributed by atoms with Crippen molar-refractivity contribution in [1.82, 2.24) is 10.3 Å². The van der Waals surface area contributed by atoms with E-state index in [1.54, 1.807) is 12.4 Å². The standard InChI is InChI=1S/C18H22ClN3O/c1-18(2,3)22-17(23)14-10-16(12-20-11-14)21-8-7-13-5-4-6-15(19)9-13/h4-6,9-12,21H,7-8H2,1-3H3,(H,22,23). The Labute approximate surface area is 142 Å². The van der Waals surface area contributed by atoms with Crippen LogP contribution in [0.5, 0.6) is 0 Å². The number of hydrogen-bond donors (Lipinski definition) is 2. The van der Waals surface area contributed by atoms with Crippen molar-refractivity contribution in [2.75, 3.05) is 11.9 Å². The average molecular weight is 332 g/mol. The molecule has 0 atom stereocenters. The molecule has 1 aromatic carbocycles. The van der Waals surface area contributed by atoms with E-state index in [1.165, 1.54) is 5.56 Å². The lowest BCUT2D eigenvalue weighted by molar-refractivity contribution is 0.0919. The second-order valence-corrected chi connectivity index (χ2v) is 6.91. The van der Waals surface area contributed by atoms with Gasteiger partial charge < -0.3 is 10.6 Å². The van der Waals surface area contributed by atoms with Crippen LogP contribution >= 0.6 is 11.6 Å². The maximum absolute atomic E-state index is 12.2. The second kappa shape index (κ2) is 7.47. The summed E-state index contributed by atoms with van der Waals surface area (Å²) in [6.45, 7) is 6.59. The third-order valence-electron chi connectivity index (χ3n) is 3.12. The van der Waals surface area contributed by atoms with Crippen molar-refractivity contribution in [3.05, 3.63) is 58.9 Å². The Kier molecular flexibility index (Phi) is 5.61. The Morgan fingerprint density at radius 2 is 2.00 bits per heavy atom. The molecular formula is C18H22ClN3O. The maximum atomic E-state index is 12.2. The van der Waals surface area contributed by atoms with Crippen molar-refractivity contribution in [1.29, 1.82) is 0 Å². The number of halogens is 1. The summed E-state index contributed by atoms with van der Waals surface area (Å²) in [4.78, 5) is 16.3. The Bertz CT molecular complexity index is 680. The highest BCUT2D eigenvalue weighted by atomic mass is 35.5. The molecule has 0 bridgehead atoms. The van der Waals surface area contributed by atoms with Crippen LogP contribution in [-0.2, 0) is 6.42 Å². The molecule has 0 spiro atoms. The number of pyridine rings is 1. The molecular weight excluding hydrogens is 310 g/mol. The summed E-state index contributed by atoms with van der Waals surface area (Å²) >= 11 is 5.97. The Morgan fingerprint density at radius 1 is 1.22 bits per heavy atom. The number of carbonyl (C=O) groups is 1. The smallest absolute Gasteiger partial charge is 0.253 e. The summed E-state index contributed by atoms with van der Waals surface area (Å²) in [7, 11) is 0. The van der Waals surface area contributed by atoms with Crippen molar-refractivity contribution < 1.29 is 4.79 Å². The summed E-state index contributed by atoms with van der Waals surface area (Å²) in [5.74, 6) is -0.122. The van der Waals surface area contributed by atoms with Gasteiger partial charge in [0, 0.05) is 29.5 Å². The lowest BCUT2D eigenvalue weighted by atomic mass is 10.1. The third-order valence-corrected chi connectivity index (χ3v) is 3.36. The fraction of sp³-hybridized carbons (Fsp3) is 0.333. The van der Waals surface area contributed by atoms with Crippen LogP contribution in [0.15, 0.2) is 42.7 Å². The molecule has 4 nitrogen and oxygen atoms in total. The summed E-state index contributed by atoms with van der Waals surface area (Å²) in [6.07, 6.45) is 4.13. The molecule has 0 aliphatic carbocycles. The first-order valence-corrected chi connectivity index (χ1v) is 7.97. The predicted molar refractivity (Wildman–Crippen MR) is 95.1 cm³/mol. The highest BCUT2D eigenvalue weighted by Crippen LogP contribution is 2.13. The number of benzene rings is 1. The molecule has 0 saturated heterocycles. The molecule has 122 valence electrons. The molecule has 0 aliphatic rings. The fourth-order valence-electron chi connectivity index (χ4n) is 2.12. The number of rotatable bonds is 5. The molecule has 23 heavy (non-hydrogen) atoms. The molecule has 0 unspecified atom stereocenters. The summed E-state index contributed by atoms with van der Waals surface area (Å²) in [5.41, 5.74) is 2.27. The second-order valence-electron chi connectivity index (χ2n) is 6.47. The normalized spacial score (nSPS) is 11.1. The van der Waals surface area contributed by atoms with Gasteiger partial charge in [0.05, 0.1) is 11.3 Å². The van der Waals surface area contributed by atoms with E-state index in [4.69, 9.17) is 11.6 Å². The lowest BCUT2D eigenvalue weighted by Gasteiger charge is -2.20. The van der Waals surface area contributed by atoms with E-state index in [-0.39, 0.29) is 11.4 Å². The zero-order valence-corrected chi connectivity index (χ0v) is 14.4. The SMILES string of the molecule is CC(C)(C)NC(=O)c1cncc(NCCc2cccc(Cl)c2)c1. The van der Waals surface area contributed by atoms with Crippen molar-refractivity contribution in [2.24, 2.45) is 0 Å². The van der Waals surface area contributed by atoms with Gasteiger partial charge in [-0.2, -0.15) is 0 Å². The number of nitrogens with zero attached hydrogens (tertiary/aromatic N) is 1. The van der Waals surface area contributed by atoms with Crippen LogP contribution in [-0.4, -0.2) is 23.0 Å². The highest BCUT2D eigenvalue weighted by molar-refractivity contribution is 6.30. The minimum atomic E-state index is -0.271. The van der Waals surface area contributed by atoms with Gasteiger partial charge in [-0.1, -0.05) is 23.7 Å².